The third kappa shape index (κ3) is 6.40. The molecule has 8 nitrogen and oxygen atoms in total. The third-order valence-electron chi connectivity index (χ3n) is 5.34. The van der Waals surface area contributed by atoms with Crippen molar-refractivity contribution >= 4 is 17.6 Å². The van der Waals surface area contributed by atoms with Gasteiger partial charge in [-0.25, -0.2) is 18.6 Å². The predicted molar refractivity (Wildman–Crippen MR) is 117 cm³/mol. The Morgan fingerprint density at radius 3 is 2.39 bits per heavy atom. The zero-order valence-corrected chi connectivity index (χ0v) is 19.3. The lowest BCUT2D eigenvalue weighted by Gasteiger charge is -2.29. The molecule has 0 fully saturated rings. The number of alkyl halides is 3. The van der Waals surface area contributed by atoms with E-state index < -0.39 is 61.4 Å². The molecule has 2 heterocycles. The van der Waals surface area contributed by atoms with Crippen LogP contribution in [0.15, 0.2) is 36.5 Å². The minimum Gasteiger partial charge on any atom is -0.485 e. The van der Waals surface area contributed by atoms with Crippen LogP contribution in [-0.2, 0) is 11.3 Å². The van der Waals surface area contributed by atoms with Gasteiger partial charge in [0.2, 0.25) is 0 Å². The molecule has 2 aromatic heterocycles. The van der Waals surface area contributed by atoms with Gasteiger partial charge >= 0.3 is 12.3 Å². The molecule has 1 atom stereocenters. The predicted octanol–water partition coefficient (Wildman–Crippen LogP) is 4.43. The zero-order chi connectivity index (χ0) is 26.7. The van der Waals surface area contributed by atoms with Gasteiger partial charge in [-0.3, -0.25) is 9.20 Å². The van der Waals surface area contributed by atoms with Gasteiger partial charge in [0.25, 0.3) is 5.91 Å². The van der Waals surface area contributed by atoms with Gasteiger partial charge < -0.3 is 20.5 Å². The molecule has 0 spiro atoms. The van der Waals surface area contributed by atoms with Crippen LogP contribution in [0.1, 0.15) is 41.5 Å². The average Bonchev–Trinajstić information content (AvgIpc) is 3.11. The highest BCUT2D eigenvalue weighted by molar-refractivity contribution is 5.95. The number of amides is 2. The molecule has 0 radical (unpaired) electrons. The quantitative estimate of drug-likeness (QED) is 0.411. The van der Waals surface area contributed by atoms with Crippen molar-refractivity contribution in [3.63, 3.8) is 0 Å². The number of fused-ring (bicyclic) bond motifs is 1. The smallest absolute Gasteiger partial charge is 0.405 e. The van der Waals surface area contributed by atoms with E-state index in [1.807, 2.05) is 0 Å². The molecule has 2 amide bonds. The molecule has 0 saturated heterocycles. The monoisotopic (exact) mass is 514 g/mol. The van der Waals surface area contributed by atoms with Gasteiger partial charge in [-0.15, -0.1) is 0 Å². The summed E-state index contributed by atoms with van der Waals surface area (Å²) in [6.07, 6.45) is -6.19. The number of primary amides is 1. The summed E-state index contributed by atoms with van der Waals surface area (Å²) in [7, 11) is 0. The average molecular weight is 514 g/mol. The number of halogens is 5. The Kier molecular flexibility index (Phi) is 7.70. The molecule has 0 aliphatic carbocycles. The summed E-state index contributed by atoms with van der Waals surface area (Å²) >= 11 is 0. The van der Waals surface area contributed by atoms with Crippen molar-refractivity contribution < 1.29 is 41.0 Å². The summed E-state index contributed by atoms with van der Waals surface area (Å²) in [5.74, 6) is -2.15. The number of carbonyl (C=O) groups is 2. The van der Waals surface area contributed by atoms with E-state index in [2.05, 4.69) is 10.3 Å². The topological polar surface area (TPSA) is 108 Å². The van der Waals surface area contributed by atoms with E-state index in [1.165, 1.54) is 42.6 Å². The first-order valence-corrected chi connectivity index (χ1v) is 10.7. The zero-order valence-electron chi connectivity index (χ0n) is 19.3. The number of aryl methyl sites for hydroxylation is 1. The molecule has 3 rings (SSSR count). The second-order valence-electron chi connectivity index (χ2n) is 8.27. The minimum atomic E-state index is -4.51. The molecule has 0 saturated carbocycles. The molecule has 1 unspecified atom stereocenters. The summed E-state index contributed by atoms with van der Waals surface area (Å²) in [5, 5.41) is 2.45. The normalized spacial score (nSPS) is 13.3. The van der Waals surface area contributed by atoms with Gasteiger partial charge in [-0.2, -0.15) is 13.2 Å². The van der Waals surface area contributed by atoms with Gasteiger partial charge in [0.1, 0.15) is 29.5 Å². The lowest BCUT2D eigenvalue weighted by molar-refractivity contribution is -0.145. The van der Waals surface area contributed by atoms with Gasteiger partial charge in [0, 0.05) is 12.6 Å². The number of nitrogens with two attached hydrogens (primary N) is 1. The standard InChI is InChI=1S/C23H23F5N4O4/c1-13-18(20(33)30-12-22(2,36-21(29)34)8-9-23(26,27)28)32-10-4-7-17(19(32)31-13)35-11-14-15(24)5-3-6-16(14)25/h3-7,10H,8-9,11-12H2,1-2H3,(H2,29,34)(H,30,33). The Morgan fingerprint density at radius 1 is 1.11 bits per heavy atom. The van der Waals surface area contributed by atoms with Crippen molar-refractivity contribution in [2.24, 2.45) is 5.73 Å². The first-order valence-electron chi connectivity index (χ1n) is 10.7. The van der Waals surface area contributed by atoms with Crippen LogP contribution in [0.25, 0.3) is 5.65 Å². The number of ether oxygens (including phenoxy) is 2. The van der Waals surface area contributed by atoms with E-state index in [-0.39, 0.29) is 28.3 Å². The van der Waals surface area contributed by atoms with Crippen molar-refractivity contribution in [1.82, 2.24) is 14.7 Å². The summed E-state index contributed by atoms with van der Waals surface area (Å²) in [5.41, 5.74) is 3.44. The van der Waals surface area contributed by atoms with Crippen molar-refractivity contribution in [3.8, 4) is 5.75 Å². The number of aromatic nitrogens is 2. The number of hydrogen-bond donors (Lipinski definition) is 2. The number of hydrogen-bond acceptors (Lipinski definition) is 5. The van der Waals surface area contributed by atoms with Crippen LogP contribution in [0.3, 0.4) is 0 Å². The van der Waals surface area contributed by atoms with Crippen molar-refractivity contribution in [2.45, 2.75) is 45.1 Å². The van der Waals surface area contributed by atoms with Crippen LogP contribution < -0.4 is 15.8 Å². The van der Waals surface area contributed by atoms with Gasteiger partial charge in [0.05, 0.1) is 17.8 Å². The maximum Gasteiger partial charge on any atom is 0.405 e. The fourth-order valence-corrected chi connectivity index (χ4v) is 3.54. The van der Waals surface area contributed by atoms with E-state index in [1.54, 1.807) is 0 Å². The van der Waals surface area contributed by atoms with Crippen LogP contribution in [-0.4, -0.2) is 39.7 Å². The van der Waals surface area contributed by atoms with E-state index in [9.17, 15) is 31.5 Å². The number of nitrogens with zero attached hydrogens (tertiary/aromatic N) is 2. The highest BCUT2D eigenvalue weighted by Gasteiger charge is 2.36. The Morgan fingerprint density at radius 2 is 1.78 bits per heavy atom. The van der Waals surface area contributed by atoms with E-state index >= 15 is 0 Å². The van der Waals surface area contributed by atoms with Crippen LogP contribution >= 0.6 is 0 Å². The first-order chi connectivity index (χ1) is 16.8. The maximum absolute atomic E-state index is 13.9. The maximum atomic E-state index is 13.9. The van der Waals surface area contributed by atoms with E-state index in [0.29, 0.717) is 0 Å². The number of carbonyl (C=O) groups excluding carboxylic acids is 2. The summed E-state index contributed by atoms with van der Waals surface area (Å²) in [6.45, 7) is 1.85. The Labute approximate surface area is 202 Å². The van der Waals surface area contributed by atoms with Crippen LogP contribution in [0.2, 0.25) is 0 Å². The lowest BCUT2D eigenvalue weighted by Crippen LogP contribution is -2.46. The Balaban J connectivity index is 1.81. The Bertz CT molecular complexity index is 1260. The number of pyridine rings is 1. The minimum absolute atomic E-state index is 0.0322. The van der Waals surface area contributed by atoms with Gasteiger partial charge in [-0.1, -0.05) is 6.07 Å². The van der Waals surface area contributed by atoms with Crippen LogP contribution in [0.5, 0.6) is 5.75 Å². The summed E-state index contributed by atoms with van der Waals surface area (Å²) < 4.78 is 77.7. The molecule has 0 aliphatic heterocycles. The van der Waals surface area contributed by atoms with Gasteiger partial charge in [-0.05, 0) is 44.5 Å². The highest BCUT2D eigenvalue weighted by atomic mass is 19.4. The number of nitrogens with one attached hydrogen (secondary N) is 1. The fraction of sp³-hybridized carbons (Fsp3) is 0.348. The molecule has 0 aliphatic rings. The van der Waals surface area contributed by atoms with Gasteiger partial charge in [0.15, 0.2) is 11.4 Å². The SMILES string of the molecule is Cc1nc2c(OCc3c(F)cccc3F)cccn2c1C(=O)NCC(C)(CCC(F)(F)F)OC(N)=O. The summed E-state index contributed by atoms with van der Waals surface area (Å²) in [4.78, 5) is 28.5. The highest BCUT2D eigenvalue weighted by Crippen LogP contribution is 2.28. The number of benzene rings is 1. The lowest BCUT2D eigenvalue weighted by atomic mass is 9.99. The first kappa shape index (κ1) is 26.7. The molecule has 13 heteroatoms. The molecule has 3 aromatic rings. The molecule has 194 valence electrons. The number of imidazole rings is 1. The van der Waals surface area contributed by atoms with E-state index in [0.717, 1.165) is 12.1 Å². The molecule has 3 N–H and O–H groups in total. The van der Waals surface area contributed by atoms with Crippen LogP contribution in [0.4, 0.5) is 26.7 Å². The number of rotatable bonds is 9. The molecular formula is C23H23F5N4O4. The third-order valence-corrected chi connectivity index (χ3v) is 5.34. The molecular weight excluding hydrogens is 491 g/mol. The van der Waals surface area contributed by atoms with E-state index in [4.69, 9.17) is 15.2 Å². The molecule has 36 heavy (non-hydrogen) atoms. The Hall–Kier alpha value is -3.90. The molecule has 0 bridgehead atoms. The molecule has 1 aromatic carbocycles. The second kappa shape index (κ2) is 10.4. The largest absolute Gasteiger partial charge is 0.485 e. The summed E-state index contributed by atoms with van der Waals surface area (Å²) in [6, 6.07) is 6.42. The van der Waals surface area contributed by atoms with Crippen molar-refractivity contribution in [3.05, 3.63) is 65.1 Å². The fourth-order valence-electron chi connectivity index (χ4n) is 3.54. The van der Waals surface area contributed by atoms with Crippen LogP contribution in [0, 0.1) is 18.6 Å². The van der Waals surface area contributed by atoms with Crippen molar-refractivity contribution in [1.29, 1.82) is 0 Å². The second-order valence-corrected chi connectivity index (χ2v) is 8.27. The van der Waals surface area contributed by atoms with Crippen molar-refractivity contribution in [2.75, 3.05) is 6.54 Å².